The molecule has 0 heterocycles. The standard InChI is InChI=1S/C20H41/c1-4-7-9-10-11-12-13-14-15-17-19-20(6-3)18-16-8-5-2/h16,20H,4-15,17-19H2,1-3H3. The van der Waals surface area contributed by atoms with Crippen LogP contribution in [0.5, 0.6) is 0 Å². The molecule has 0 aliphatic heterocycles. The Morgan fingerprint density at radius 2 is 1.20 bits per heavy atom. The first-order chi connectivity index (χ1) is 9.85. The van der Waals surface area contributed by atoms with Gasteiger partial charge in [0.25, 0.3) is 0 Å². The first-order valence-electron chi connectivity index (χ1n) is 9.66. The van der Waals surface area contributed by atoms with E-state index in [0.717, 1.165) is 5.92 Å². The number of unbranched alkanes of at least 4 members (excludes halogenated alkanes) is 11. The highest BCUT2D eigenvalue weighted by Gasteiger charge is 2.05. The Labute approximate surface area is 130 Å². The van der Waals surface area contributed by atoms with Crippen molar-refractivity contribution < 1.29 is 0 Å². The maximum absolute atomic E-state index is 2.52. The van der Waals surface area contributed by atoms with E-state index in [9.17, 15) is 0 Å². The minimum atomic E-state index is 0.968. The molecule has 0 heteroatoms. The van der Waals surface area contributed by atoms with E-state index < -0.39 is 0 Å². The fourth-order valence-corrected chi connectivity index (χ4v) is 2.97. The summed E-state index contributed by atoms with van der Waals surface area (Å²) >= 11 is 0. The zero-order valence-electron chi connectivity index (χ0n) is 14.8. The molecule has 0 saturated carbocycles. The Balaban J connectivity index is 3.20. The van der Waals surface area contributed by atoms with Crippen molar-refractivity contribution in [2.24, 2.45) is 5.92 Å². The van der Waals surface area contributed by atoms with E-state index in [1.165, 1.54) is 96.3 Å². The van der Waals surface area contributed by atoms with Gasteiger partial charge >= 0.3 is 0 Å². The van der Waals surface area contributed by atoms with Gasteiger partial charge in [0.05, 0.1) is 0 Å². The number of rotatable bonds is 16. The van der Waals surface area contributed by atoms with E-state index in [-0.39, 0.29) is 0 Å². The lowest BCUT2D eigenvalue weighted by Crippen LogP contribution is -1.99. The maximum atomic E-state index is 2.52. The Morgan fingerprint density at radius 3 is 1.70 bits per heavy atom. The van der Waals surface area contributed by atoms with Crippen LogP contribution in [0, 0.1) is 12.3 Å². The van der Waals surface area contributed by atoms with E-state index in [1.54, 1.807) is 0 Å². The molecule has 0 aliphatic carbocycles. The van der Waals surface area contributed by atoms with Crippen LogP contribution in [0.2, 0.25) is 0 Å². The molecular weight excluding hydrogens is 240 g/mol. The van der Waals surface area contributed by atoms with Gasteiger partial charge in [-0.3, -0.25) is 0 Å². The van der Waals surface area contributed by atoms with Gasteiger partial charge in [0.2, 0.25) is 0 Å². The van der Waals surface area contributed by atoms with Gasteiger partial charge in [-0.15, -0.1) is 0 Å². The van der Waals surface area contributed by atoms with Crippen molar-refractivity contribution in [3.63, 3.8) is 0 Å². The fourth-order valence-electron chi connectivity index (χ4n) is 2.97. The second-order valence-electron chi connectivity index (χ2n) is 6.56. The van der Waals surface area contributed by atoms with E-state index in [2.05, 4.69) is 27.2 Å². The Bertz CT molecular complexity index is 161. The average molecular weight is 282 g/mol. The van der Waals surface area contributed by atoms with E-state index >= 15 is 0 Å². The van der Waals surface area contributed by atoms with Crippen molar-refractivity contribution in [3.8, 4) is 0 Å². The molecule has 0 aromatic carbocycles. The molecule has 0 aliphatic rings. The lowest BCUT2D eigenvalue weighted by atomic mass is 9.92. The number of hydrogen-bond acceptors (Lipinski definition) is 0. The molecule has 0 aromatic rings. The quantitative estimate of drug-likeness (QED) is 0.254. The van der Waals surface area contributed by atoms with Crippen LogP contribution in [0.25, 0.3) is 0 Å². The molecule has 121 valence electrons. The average Bonchev–Trinajstić information content (AvgIpc) is 2.47. The van der Waals surface area contributed by atoms with E-state index in [0.29, 0.717) is 0 Å². The minimum absolute atomic E-state index is 0.968. The van der Waals surface area contributed by atoms with Gasteiger partial charge in [0.15, 0.2) is 0 Å². The van der Waals surface area contributed by atoms with Crippen molar-refractivity contribution in [1.29, 1.82) is 0 Å². The summed E-state index contributed by atoms with van der Waals surface area (Å²) in [4.78, 5) is 0. The smallest absolute Gasteiger partial charge is 0.0383 e. The van der Waals surface area contributed by atoms with Gasteiger partial charge < -0.3 is 0 Å². The predicted molar refractivity (Wildman–Crippen MR) is 94.1 cm³/mol. The lowest BCUT2D eigenvalue weighted by molar-refractivity contribution is 0.427. The monoisotopic (exact) mass is 281 g/mol. The minimum Gasteiger partial charge on any atom is -0.0654 e. The normalized spacial score (nSPS) is 12.8. The molecule has 0 fully saturated rings. The molecule has 0 spiro atoms. The molecule has 0 saturated heterocycles. The van der Waals surface area contributed by atoms with Gasteiger partial charge in [-0.05, 0) is 18.8 Å². The number of hydrogen-bond donors (Lipinski definition) is 0. The van der Waals surface area contributed by atoms with E-state index in [4.69, 9.17) is 0 Å². The molecule has 0 bridgehead atoms. The highest BCUT2D eigenvalue weighted by atomic mass is 14.1. The highest BCUT2D eigenvalue weighted by molar-refractivity contribution is 4.70. The molecule has 1 unspecified atom stereocenters. The summed E-state index contributed by atoms with van der Waals surface area (Å²) in [6.07, 6.45) is 23.9. The topological polar surface area (TPSA) is 0 Å². The van der Waals surface area contributed by atoms with Crippen LogP contribution in [0.15, 0.2) is 0 Å². The van der Waals surface area contributed by atoms with Crippen LogP contribution in [0.4, 0.5) is 0 Å². The molecule has 0 amide bonds. The SMILES string of the molecule is CCC[CH]CC(CC)CCCCCCCCCCCC. The largest absolute Gasteiger partial charge is 0.0654 e. The van der Waals surface area contributed by atoms with Crippen molar-refractivity contribution in [2.45, 2.75) is 117 Å². The van der Waals surface area contributed by atoms with E-state index in [1.807, 2.05) is 0 Å². The van der Waals surface area contributed by atoms with Crippen molar-refractivity contribution in [3.05, 3.63) is 6.42 Å². The Kier molecular flexibility index (Phi) is 17.1. The lowest BCUT2D eigenvalue weighted by Gasteiger charge is -2.14. The van der Waals surface area contributed by atoms with Gasteiger partial charge in [-0.25, -0.2) is 0 Å². The third kappa shape index (κ3) is 14.4. The molecule has 0 N–H and O–H groups in total. The van der Waals surface area contributed by atoms with Gasteiger partial charge in [-0.1, -0.05) is 111 Å². The molecule has 0 aromatic heterocycles. The van der Waals surface area contributed by atoms with Crippen molar-refractivity contribution in [1.82, 2.24) is 0 Å². The summed E-state index contributed by atoms with van der Waals surface area (Å²) in [7, 11) is 0. The van der Waals surface area contributed by atoms with Crippen LogP contribution >= 0.6 is 0 Å². The molecule has 20 heavy (non-hydrogen) atoms. The summed E-state index contributed by atoms with van der Waals surface area (Å²) in [5, 5.41) is 0. The third-order valence-corrected chi connectivity index (χ3v) is 4.54. The van der Waals surface area contributed by atoms with Crippen molar-refractivity contribution >= 4 is 0 Å². The fraction of sp³-hybridized carbons (Fsp3) is 0.950. The molecule has 0 nitrogen and oxygen atoms in total. The van der Waals surface area contributed by atoms with Crippen molar-refractivity contribution in [2.75, 3.05) is 0 Å². The summed E-state index contributed by atoms with van der Waals surface area (Å²) in [6, 6.07) is 0. The van der Waals surface area contributed by atoms with Crippen LogP contribution < -0.4 is 0 Å². The van der Waals surface area contributed by atoms with Crippen LogP contribution in [-0.2, 0) is 0 Å². The molecule has 0 rings (SSSR count). The zero-order chi connectivity index (χ0) is 14.9. The van der Waals surface area contributed by atoms with Gasteiger partial charge in [0, 0.05) is 0 Å². The molecular formula is C20H41. The first-order valence-corrected chi connectivity index (χ1v) is 9.66. The Hall–Kier alpha value is 0. The summed E-state index contributed by atoms with van der Waals surface area (Å²) in [5.41, 5.74) is 0. The van der Waals surface area contributed by atoms with Crippen LogP contribution in [0.1, 0.15) is 117 Å². The first kappa shape index (κ1) is 20.0. The maximum Gasteiger partial charge on any atom is -0.0383 e. The predicted octanol–water partition coefficient (Wildman–Crippen LogP) is 7.72. The Morgan fingerprint density at radius 1 is 0.650 bits per heavy atom. The van der Waals surface area contributed by atoms with Crippen LogP contribution in [-0.4, -0.2) is 0 Å². The summed E-state index contributed by atoms with van der Waals surface area (Å²) < 4.78 is 0. The second kappa shape index (κ2) is 17.1. The molecule has 1 atom stereocenters. The second-order valence-corrected chi connectivity index (χ2v) is 6.56. The highest BCUT2D eigenvalue weighted by Crippen LogP contribution is 2.20. The van der Waals surface area contributed by atoms with Crippen LogP contribution in [0.3, 0.4) is 0 Å². The van der Waals surface area contributed by atoms with Gasteiger partial charge in [-0.2, -0.15) is 0 Å². The summed E-state index contributed by atoms with van der Waals surface area (Å²) in [5.74, 6) is 0.968. The van der Waals surface area contributed by atoms with Gasteiger partial charge in [0.1, 0.15) is 0 Å². The summed E-state index contributed by atoms with van der Waals surface area (Å²) in [6.45, 7) is 6.93. The third-order valence-electron chi connectivity index (χ3n) is 4.54. The molecule has 1 radical (unpaired) electrons. The zero-order valence-corrected chi connectivity index (χ0v) is 14.8.